The molecule has 156 valence electrons. The third-order valence-corrected chi connectivity index (χ3v) is 5.66. The van der Waals surface area contributed by atoms with Crippen molar-refractivity contribution in [2.75, 3.05) is 20.1 Å². The lowest BCUT2D eigenvalue weighted by atomic mass is 10.0. The highest BCUT2D eigenvalue weighted by Crippen LogP contribution is 2.20. The van der Waals surface area contributed by atoms with Gasteiger partial charge in [-0.25, -0.2) is 14.8 Å². The third kappa shape index (κ3) is 4.38. The molecule has 1 saturated heterocycles. The van der Waals surface area contributed by atoms with E-state index in [4.69, 9.17) is 11.6 Å². The second-order valence-corrected chi connectivity index (χ2v) is 7.91. The number of H-pyrrole nitrogens is 1. The molecule has 2 aromatic heterocycles. The van der Waals surface area contributed by atoms with Crippen LogP contribution in [0.1, 0.15) is 28.9 Å². The van der Waals surface area contributed by atoms with Crippen LogP contribution in [0, 0.1) is 0 Å². The van der Waals surface area contributed by atoms with Gasteiger partial charge in [0.25, 0.3) is 5.91 Å². The highest BCUT2D eigenvalue weighted by molar-refractivity contribution is 6.31. The molecule has 0 saturated carbocycles. The Morgan fingerprint density at radius 3 is 2.90 bits per heavy atom. The average molecular weight is 427 g/mol. The third-order valence-electron chi connectivity index (χ3n) is 5.43. The number of hydrogen-bond acceptors (Lipinski definition) is 4. The van der Waals surface area contributed by atoms with E-state index in [-0.39, 0.29) is 18.0 Å². The molecular formula is C21H23ClN6O2. The van der Waals surface area contributed by atoms with Crippen LogP contribution in [-0.2, 0) is 6.54 Å². The molecule has 8 nitrogen and oxygen atoms in total. The number of halogens is 1. The molecule has 0 aliphatic carbocycles. The number of carbonyl (C=O) groups is 2. The monoisotopic (exact) mass is 426 g/mol. The number of benzene rings is 1. The van der Waals surface area contributed by atoms with Gasteiger partial charge in [-0.2, -0.15) is 0 Å². The van der Waals surface area contributed by atoms with Crippen molar-refractivity contribution >= 4 is 34.4 Å². The molecule has 0 bridgehead atoms. The molecular weight excluding hydrogens is 404 g/mol. The highest BCUT2D eigenvalue weighted by Gasteiger charge is 2.29. The number of rotatable bonds is 4. The summed E-state index contributed by atoms with van der Waals surface area (Å²) < 4.78 is 0. The van der Waals surface area contributed by atoms with Crippen LogP contribution >= 0.6 is 11.6 Å². The van der Waals surface area contributed by atoms with Gasteiger partial charge in [0.2, 0.25) is 0 Å². The number of urea groups is 1. The fourth-order valence-corrected chi connectivity index (χ4v) is 3.95. The average Bonchev–Trinajstić information content (AvgIpc) is 3.19. The molecule has 1 fully saturated rings. The van der Waals surface area contributed by atoms with E-state index in [2.05, 4.69) is 20.3 Å². The summed E-state index contributed by atoms with van der Waals surface area (Å²) >= 11 is 6.03. The maximum Gasteiger partial charge on any atom is 0.317 e. The zero-order valence-corrected chi connectivity index (χ0v) is 17.4. The first-order chi connectivity index (χ1) is 14.5. The fraction of sp³-hybridized carbons (Fsp3) is 0.333. The second-order valence-electron chi connectivity index (χ2n) is 7.47. The van der Waals surface area contributed by atoms with Gasteiger partial charge in [-0.3, -0.25) is 4.79 Å². The molecule has 0 radical (unpaired) electrons. The summed E-state index contributed by atoms with van der Waals surface area (Å²) in [5, 5.41) is 4.63. The minimum atomic E-state index is -0.172. The Labute approximate surface area is 179 Å². The van der Waals surface area contributed by atoms with Crippen molar-refractivity contribution in [2.45, 2.75) is 25.4 Å². The molecule has 1 aliphatic rings. The Morgan fingerprint density at radius 2 is 2.10 bits per heavy atom. The predicted octanol–water partition coefficient (Wildman–Crippen LogP) is 3.06. The number of hydrogen-bond donors (Lipinski definition) is 2. The second kappa shape index (κ2) is 8.71. The van der Waals surface area contributed by atoms with Crippen molar-refractivity contribution in [3.8, 4) is 0 Å². The topological polar surface area (TPSA) is 94.2 Å². The van der Waals surface area contributed by atoms with Crippen LogP contribution in [0.25, 0.3) is 10.9 Å². The zero-order chi connectivity index (χ0) is 21.1. The molecule has 2 N–H and O–H groups in total. The molecule has 1 aliphatic heterocycles. The number of aromatic amines is 1. The zero-order valence-electron chi connectivity index (χ0n) is 16.6. The summed E-state index contributed by atoms with van der Waals surface area (Å²) in [6.07, 6.45) is 6.12. The van der Waals surface area contributed by atoms with Gasteiger partial charge in [-0.05, 0) is 37.1 Å². The lowest BCUT2D eigenvalue weighted by molar-refractivity contribution is 0.0635. The molecule has 9 heteroatoms. The lowest BCUT2D eigenvalue weighted by Crippen LogP contribution is -2.52. The minimum Gasteiger partial charge on any atom is -0.357 e. The van der Waals surface area contributed by atoms with E-state index >= 15 is 0 Å². The quantitative estimate of drug-likeness (QED) is 0.670. The Balaban J connectivity index is 1.35. The molecule has 1 aromatic carbocycles. The van der Waals surface area contributed by atoms with Crippen LogP contribution < -0.4 is 5.32 Å². The van der Waals surface area contributed by atoms with E-state index in [9.17, 15) is 9.59 Å². The summed E-state index contributed by atoms with van der Waals surface area (Å²) in [4.78, 5) is 39.9. The summed E-state index contributed by atoms with van der Waals surface area (Å²) in [5.74, 6) is -0.106. The van der Waals surface area contributed by atoms with Crippen LogP contribution in [0.2, 0.25) is 5.02 Å². The van der Waals surface area contributed by atoms with Crippen molar-refractivity contribution < 1.29 is 9.59 Å². The molecule has 0 unspecified atom stereocenters. The molecule has 1 atom stereocenters. The van der Waals surface area contributed by atoms with E-state index in [1.807, 2.05) is 24.3 Å². The van der Waals surface area contributed by atoms with E-state index < -0.39 is 0 Å². The smallest absolute Gasteiger partial charge is 0.317 e. The van der Waals surface area contributed by atoms with Crippen LogP contribution in [0.3, 0.4) is 0 Å². The van der Waals surface area contributed by atoms with Gasteiger partial charge in [0.1, 0.15) is 6.33 Å². The molecule has 3 amide bonds. The van der Waals surface area contributed by atoms with Gasteiger partial charge in [0.15, 0.2) is 0 Å². The van der Waals surface area contributed by atoms with Gasteiger partial charge < -0.3 is 20.1 Å². The summed E-state index contributed by atoms with van der Waals surface area (Å²) in [6, 6.07) is 7.39. The van der Waals surface area contributed by atoms with Crippen LogP contribution in [-0.4, -0.2) is 62.9 Å². The number of fused-ring (bicyclic) bond motifs is 1. The number of likely N-dealkylation sites (tertiary alicyclic amines) is 1. The number of piperidine rings is 1. The van der Waals surface area contributed by atoms with Gasteiger partial charge in [0, 0.05) is 54.2 Å². The van der Waals surface area contributed by atoms with E-state index in [0.29, 0.717) is 30.2 Å². The van der Waals surface area contributed by atoms with E-state index in [1.165, 1.54) is 18.7 Å². The molecule has 3 aromatic rings. The van der Waals surface area contributed by atoms with Gasteiger partial charge in [-0.15, -0.1) is 0 Å². The Hall–Kier alpha value is -3.13. The fourth-order valence-electron chi connectivity index (χ4n) is 3.77. The molecule has 30 heavy (non-hydrogen) atoms. The molecule has 0 spiro atoms. The predicted molar refractivity (Wildman–Crippen MR) is 114 cm³/mol. The van der Waals surface area contributed by atoms with Crippen molar-refractivity contribution in [3.05, 3.63) is 59.3 Å². The number of nitrogens with zero attached hydrogens (tertiary/aromatic N) is 4. The van der Waals surface area contributed by atoms with Crippen molar-refractivity contribution in [1.29, 1.82) is 0 Å². The maximum atomic E-state index is 12.7. The van der Waals surface area contributed by atoms with E-state index in [0.717, 1.165) is 29.4 Å². The van der Waals surface area contributed by atoms with Gasteiger partial charge in [0.05, 0.1) is 18.2 Å². The lowest BCUT2D eigenvalue weighted by Gasteiger charge is -2.37. The van der Waals surface area contributed by atoms with Crippen LogP contribution in [0.15, 0.2) is 43.0 Å². The summed E-state index contributed by atoms with van der Waals surface area (Å²) in [7, 11) is 1.77. The number of nitrogens with one attached hydrogen (secondary N) is 2. The Bertz CT molecular complexity index is 1050. The summed E-state index contributed by atoms with van der Waals surface area (Å²) in [6.45, 7) is 1.53. The Kier molecular flexibility index (Phi) is 5.85. The van der Waals surface area contributed by atoms with Gasteiger partial charge in [-0.1, -0.05) is 11.6 Å². The first-order valence-electron chi connectivity index (χ1n) is 9.83. The standard InChI is InChI=1S/C21H23ClN6O2/c1-27(18-3-2-6-28(12-18)20(29)15-9-23-13-24-10-15)21(30)25-11-17-8-14-7-16(22)4-5-19(14)26-17/h4-5,7-10,13,18,26H,2-3,6,11-12H2,1H3,(H,25,30)/t18-/m1/s1. The largest absolute Gasteiger partial charge is 0.357 e. The van der Waals surface area contributed by atoms with Crippen molar-refractivity contribution in [3.63, 3.8) is 0 Å². The van der Waals surface area contributed by atoms with Crippen LogP contribution in [0.5, 0.6) is 0 Å². The first kappa shape index (κ1) is 20.2. The molecule has 4 rings (SSSR count). The normalized spacial score (nSPS) is 16.5. The minimum absolute atomic E-state index is 0.0474. The first-order valence-corrected chi connectivity index (χ1v) is 10.2. The molecule has 3 heterocycles. The van der Waals surface area contributed by atoms with E-state index in [1.54, 1.807) is 16.8 Å². The van der Waals surface area contributed by atoms with Crippen molar-refractivity contribution in [1.82, 2.24) is 30.1 Å². The SMILES string of the molecule is CN(C(=O)NCc1cc2cc(Cl)ccc2[nH]1)[C@@H]1CCCN(C(=O)c2cncnc2)C1. The Morgan fingerprint density at radius 1 is 1.30 bits per heavy atom. The van der Waals surface area contributed by atoms with Crippen molar-refractivity contribution in [2.24, 2.45) is 0 Å². The number of likely N-dealkylation sites (N-methyl/N-ethyl adjacent to an activating group) is 1. The number of aromatic nitrogens is 3. The number of amides is 3. The van der Waals surface area contributed by atoms with Crippen LogP contribution in [0.4, 0.5) is 4.79 Å². The number of carbonyl (C=O) groups excluding carboxylic acids is 2. The van der Waals surface area contributed by atoms with Gasteiger partial charge >= 0.3 is 6.03 Å². The summed E-state index contributed by atoms with van der Waals surface area (Å²) in [5.41, 5.74) is 2.34. The maximum absolute atomic E-state index is 12.7. The highest BCUT2D eigenvalue weighted by atomic mass is 35.5.